The minimum absolute atomic E-state index is 0.0203. The average molecular weight is 184 g/mol. The lowest BCUT2D eigenvalue weighted by atomic mass is 9.92. The summed E-state index contributed by atoms with van der Waals surface area (Å²) in [6.07, 6.45) is 11.5. The van der Waals surface area contributed by atoms with Crippen molar-refractivity contribution in [2.75, 3.05) is 0 Å². The molecule has 0 spiro atoms. The molecular weight excluding hydrogens is 160 g/mol. The van der Waals surface area contributed by atoms with Crippen molar-refractivity contribution in [2.45, 2.75) is 70.8 Å². The van der Waals surface area contributed by atoms with Crippen LogP contribution in [0.1, 0.15) is 64.7 Å². The monoisotopic (exact) mass is 184 g/mol. The Morgan fingerprint density at radius 1 is 1.15 bits per heavy atom. The van der Waals surface area contributed by atoms with Crippen molar-refractivity contribution >= 4 is 0 Å². The predicted octanol–water partition coefficient (Wildman–Crippen LogP) is 3.51. The molecule has 0 aromatic carbocycles. The van der Waals surface area contributed by atoms with Crippen LogP contribution >= 0.6 is 0 Å². The fourth-order valence-corrected chi connectivity index (χ4v) is 2.44. The first kappa shape index (κ1) is 11.0. The van der Waals surface area contributed by atoms with Crippen LogP contribution in [0.5, 0.6) is 0 Å². The van der Waals surface area contributed by atoms with Crippen molar-refractivity contribution in [1.82, 2.24) is 0 Å². The van der Waals surface area contributed by atoms with Crippen LogP contribution in [0.2, 0.25) is 0 Å². The Bertz CT molecular complexity index is 114. The van der Waals surface area contributed by atoms with E-state index in [9.17, 15) is 5.11 Å². The maximum Gasteiger partial charge on any atom is 0.0542 e. The Morgan fingerprint density at radius 2 is 1.77 bits per heavy atom. The van der Waals surface area contributed by atoms with Crippen LogP contribution in [0.15, 0.2) is 0 Å². The fraction of sp³-hybridized carbons (Fsp3) is 1.00. The highest BCUT2D eigenvalue weighted by molar-refractivity contribution is 4.68. The van der Waals surface area contributed by atoms with E-state index in [2.05, 4.69) is 6.92 Å². The first-order chi connectivity index (χ1) is 6.33. The van der Waals surface area contributed by atoms with Crippen molar-refractivity contribution in [3.05, 3.63) is 0 Å². The van der Waals surface area contributed by atoms with Gasteiger partial charge in [-0.2, -0.15) is 0 Å². The summed E-state index contributed by atoms with van der Waals surface area (Å²) in [5.74, 6) is 0.823. The normalized spacial score (nSPS) is 22.6. The van der Waals surface area contributed by atoms with Gasteiger partial charge in [0.2, 0.25) is 0 Å². The second-order valence-electron chi connectivity index (χ2n) is 4.54. The summed E-state index contributed by atoms with van der Waals surface area (Å²) < 4.78 is 0. The van der Waals surface area contributed by atoms with Gasteiger partial charge in [-0.25, -0.2) is 0 Å². The summed E-state index contributed by atoms with van der Waals surface area (Å²) in [5, 5.41) is 9.69. The van der Waals surface area contributed by atoms with Crippen molar-refractivity contribution in [1.29, 1.82) is 0 Å². The van der Waals surface area contributed by atoms with Gasteiger partial charge in [0.1, 0.15) is 0 Å². The zero-order valence-corrected chi connectivity index (χ0v) is 8.97. The molecule has 1 aliphatic carbocycles. The molecule has 0 aromatic heterocycles. The van der Waals surface area contributed by atoms with Gasteiger partial charge in [-0.3, -0.25) is 0 Å². The molecule has 0 radical (unpaired) electrons. The van der Waals surface area contributed by atoms with Crippen molar-refractivity contribution in [3.63, 3.8) is 0 Å². The molecule has 1 aliphatic rings. The van der Waals surface area contributed by atoms with Gasteiger partial charge in [0.25, 0.3) is 0 Å². The number of aliphatic hydroxyl groups is 1. The van der Waals surface area contributed by atoms with Gasteiger partial charge in [-0.1, -0.05) is 51.9 Å². The molecule has 78 valence electrons. The standard InChI is InChI=1S/C12H24O/c1-2-7-12(13)10-11-8-5-3-4-6-9-11/h11-13H,2-10H2,1H3. The lowest BCUT2D eigenvalue weighted by molar-refractivity contribution is 0.128. The average Bonchev–Trinajstić information content (AvgIpc) is 2.33. The van der Waals surface area contributed by atoms with Crippen LogP contribution < -0.4 is 0 Å². The van der Waals surface area contributed by atoms with Crippen LogP contribution in [0.4, 0.5) is 0 Å². The van der Waals surface area contributed by atoms with Gasteiger partial charge < -0.3 is 5.11 Å². The van der Waals surface area contributed by atoms with Crippen molar-refractivity contribution in [2.24, 2.45) is 5.92 Å². The Morgan fingerprint density at radius 3 is 2.31 bits per heavy atom. The van der Waals surface area contributed by atoms with Crippen molar-refractivity contribution < 1.29 is 5.11 Å². The third-order valence-corrected chi connectivity index (χ3v) is 3.20. The number of hydrogen-bond acceptors (Lipinski definition) is 1. The molecule has 13 heavy (non-hydrogen) atoms. The number of aliphatic hydroxyl groups excluding tert-OH is 1. The van der Waals surface area contributed by atoms with E-state index in [1.165, 1.54) is 38.5 Å². The smallest absolute Gasteiger partial charge is 0.0542 e. The zero-order valence-electron chi connectivity index (χ0n) is 8.97. The molecule has 1 rings (SSSR count). The Kier molecular flexibility index (Phi) is 5.45. The first-order valence-electron chi connectivity index (χ1n) is 6.01. The Hall–Kier alpha value is -0.0400. The lowest BCUT2D eigenvalue weighted by Crippen LogP contribution is -2.12. The van der Waals surface area contributed by atoms with Crippen LogP contribution in [0, 0.1) is 5.92 Å². The largest absolute Gasteiger partial charge is 0.393 e. The van der Waals surface area contributed by atoms with Crippen LogP contribution in [0.3, 0.4) is 0 Å². The summed E-state index contributed by atoms with van der Waals surface area (Å²) in [4.78, 5) is 0. The van der Waals surface area contributed by atoms with Crippen LogP contribution in [-0.2, 0) is 0 Å². The van der Waals surface area contributed by atoms with E-state index in [0.29, 0.717) is 0 Å². The molecule has 1 saturated carbocycles. The lowest BCUT2D eigenvalue weighted by Gasteiger charge is -2.17. The van der Waals surface area contributed by atoms with E-state index in [0.717, 1.165) is 25.2 Å². The van der Waals surface area contributed by atoms with Gasteiger partial charge >= 0.3 is 0 Å². The molecule has 1 N–H and O–H groups in total. The molecule has 1 nitrogen and oxygen atoms in total. The maximum atomic E-state index is 9.69. The molecule has 0 amide bonds. The Labute approximate surface area is 82.5 Å². The molecular formula is C12H24O. The number of hydrogen-bond donors (Lipinski definition) is 1. The van der Waals surface area contributed by atoms with Gasteiger partial charge in [0, 0.05) is 0 Å². The third-order valence-electron chi connectivity index (χ3n) is 3.20. The van der Waals surface area contributed by atoms with Gasteiger partial charge in [-0.05, 0) is 18.8 Å². The molecule has 1 atom stereocenters. The van der Waals surface area contributed by atoms with E-state index >= 15 is 0 Å². The molecule has 0 heterocycles. The minimum atomic E-state index is -0.0203. The molecule has 0 aliphatic heterocycles. The van der Waals surface area contributed by atoms with Crippen LogP contribution in [-0.4, -0.2) is 11.2 Å². The van der Waals surface area contributed by atoms with Gasteiger partial charge in [0.15, 0.2) is 0 Å². The SMILES string of the molecule is CCCC(O)CC1CCCCCC1. The summed E-state index contributed by atoms with van der Waals surface area (Å²) in [7, 11) is 0. The van der Waals surface area contributed by atoms with E-state index in [1.54, 1.807) is 0 Å². The summed E-state index contributed by atoms with van der Waals surface area (Å²) in [6.45, 7) is 2.15. The summed E-state index contributed by atoms with van der Waals surface area (Å²) >= 11 is 0. The molecule has 0 aromatic rings. The molecule has 0 saturated heterocycles. The van der Waals surface area contributed by atoms with Gasteiger partial charge in [-0.15, -0.1) is 0 Å². The second kappa shape index (κ2) is 6.42. The molecule has 1 fully saturated rings. The minimum Gasteiger partial charge on any atom is -0.393 e. The molecule has 1 heteroatoms. The molecule has 0 bridgehead atoms. The van der Waals surface area contributed by atoms with E-state index in [-0.39, 0.29) is 6.10 Å². The quantitative estimate of drug-likeness (QED) is 0.663. The van der Waals surface area contributed by atoms with Gasteiger partial charge in [0.05, 0.1) is 6.10 Å². The third kappa shape index (κ3) is 4.66. The van der Waals surface area contributed by atoms with E-state index < -0.39 is 0 Å². The maximum absolute atomic E-state index is 9.69. The Balaban J connectivity index is 2.17. The summed E-state index contributed by atoms with van der Waals surface area (Å²) in [6, 6.07) is 0. The molecule has 1 unspecified atom stereocenters. The second-order valence-corrected chi connectivity index (χ2v) is 4.54. The van der Waals surface area contributed by atoms with E-state index in [1.807, 2.05) is 0 Å². The zero-order chi connectivity index (χ0) is 9.52. The van der Waals surface area contributed by atoms with Crippen molar-refractivity contribution in [3.8, 4) is 0 Å². The van der Waals surface area contributed by atoms with Crippen LogP contribution in [0.25, 0.3) is 0 Å². The number of rotatable bonds is 4. The topological polar surface area (TPSA) is 20.2 Å². The fourth-order valence-electron chi connectivity index (χ4n) is 2.44. The highest BCUT2D eigenvalue weighted by Crippen LogP contribution is 2.27. The first-order valence-corrected chi connectivity index (χ1v) is 6.01. The van der Waals surface area contributed by atoms with E-state index in [4.69, 9.17) is 0 Å². The highest BCUT2D eigenvalue weighted by Gasteiger charge is 2.15. The summed E-state index contributed by atoms with van der Waals surface area (Å²) in [5.41, 5.74) is 0. The predicted molar refractivity (Wildman–Crippen MR) is 56.7 cm³/mol. The highest BCUT2D eigenvalue weighted by atomic mass is 16.3.